The number of ether oxygens (including phenoxy) is 2. The molecule has 0 saturated carbocycles. The number of benzene rings is 2. The SMILES string of the molecule is CCOc1cc(/C=C2/SC(=S)N(c3ccc(C)c(C)c3)C2=O)ccc1OC(C)C(=O)O. The van der Waals surface area contributed by atoms with Crippen LogP contribution in [0.1, 0.15) is 30.5 Å². The second kappa shape index (κ2) is 9.53. The average Bonchev–Trinajstić information content (AvgIpc) is 2.99. The summed E-state index contributed by atoms with van der Waals surface area (Å²) in [5, 5.41) is 9.08. The molecule has 1 heterocycles. The summed E-state index contributed by atoms with van der Waals surface area (Å²) in [6.45, 7) is 7.67. The van der Waals surface area contributed by atoms with Gasteiger partial charge in [-0.2, -0.15) is 0 Å². The van der Waals surface area contributed by atoms with Gasteiger partial charge in [0.2, 0.25) is 0 Å². The zero-order valence-electron chi connectivity index (χ0n) is 17.7. The molecule has 2 aromatic rings. The van der Waals surface area contributed by atoms with Gasteiger partial charge in [-0.1, -0.05) is 36.1 Å². The van der Waals surface area contributed by atoms with Crippen molar-refractivity contribution in [2.45, 2.75) is 33.8 Å². The first kappa shape index (κ1) is 22.8. The fourth-order valence-electron chi connectivity index (χ4n) is 2.93. The Morgan fingerprint density at radius 1 is 1.19 bits per heavy atom. The average molecular weight is 458 g/mol. The van der Waals surface area contributed by atoms with E-state index in [9.17, 15) is 9.59 Å². The highest BCUT2D eigenvalue weighted by Gasteiger charge is 2.33. The zero-order chi connectivity index (χ0) is 22.7. The molecule has 1 fully saturated rings. The number of carbonyl (C=O) groups excluding carboxylic acids is 1. The molecule has 1 unspecified atom stereocenters. The Hall–Kier alpha value is -2.84. The van der Waals surface area contributed by atoms with E-state index in [-0.39, 0.29) is 5.91 Å². The Morgan fingerprint density at radius 3 is 2.58 bits per heavy atom. The number of hydrogen-bond donors (Lipinski definition) is 1. The third-order valence-corrected chi connectivity index (χ3v) is 6.06. The van der Waals surface area contributed by atoms with Crippen LogP contribution >= 0.6 is 24.0 Å². The van der Waals surface area contributed by atoms with E-state index in [0.29, 0.717) is 27.3 Å². The molecule has 1 atom stereocenters. The van der Waals surface area contributed by atoms with E-state index in [1.165, 1.54) is 23.6 Å². The van der Waals surface area contributed by atoms with Gasteiger partial charge >= 0.3 is 5.97 Å². The summed E-state index contributed by atoms with van der Waals surface area (Å²) in [7, 11) is 0. The van der Waals surface area contributed by atoms with E-state index in [0.717, 1.165) is 22.4 Å². The normalized spacial score (nSPS) is 16.0. The van der Waals surface area contributed by atoms with Crippen molar-refractivity contribution in [3.8, 4) is 11.5 Å². The molecule has 0 aromatic heterocycles. The van der Waals surface area contributed by atoms with Crippen LogP contribution in [0.25, 0.3) is 6.08 Å². The van der Waals surface area contributed by atoms with E-state index in [1.807, 2.05) is 39.0 Å². The maximum absolute atomic E-state index is 13.0. The number of carboxylic acids is 1. The van der Waals surface area contributed by atoms with Gasteiger partial charge < -0.3 is 14.6 Å². The van der Waals surface area contributed by atoms with Crippen LogP contribution in [0, 0.1) is 13.8 Å². The predicted molar refractivity (Wildman–Crippen MR) is 127 cm³/mol. The van der Waals surface area contributed by atoms with Crippen LogP contribution in [0.2, 0.25) is 0 Å². The van der Waals surface area contributed by atoms with Gasteiger partial charge in [-0.15, -0.1) is 0 Å². The van der Waals surface area contributed by atoms with Gasteiger partial charge in [0.05, 0.1) is 17.2 Å². The van der Waals surface area contributed by atoms with Crippen molar-refractivity contribution in [2.75, 3.05) is 11.5 Å². The first-order chi connectivity index (χ1) is 14.7. The molecule has 6 nitrogen and oxygen atoms in total. The fraction of sp³-hybridized carbons (Fsp3) is 0.261. The quantitative estimate of drug-likeness (QED) is 0.465. The van der Waals surface area contributed by atoms with Crippen LogP contribution in [-0.2, 0) is 9.59 Å². The number of amides is 1. The van der Waals surface area contributed by atoms with Crippen molar-refractivity contribution >= 4 is 51.9 Å². The molecule has 2 aromatic carbocycles. The lowest BCUT2D eigenvalue weighted by Crippen LogP contribution is -2.27. The number of nitrogens with zero attached hydrogens (tertiary/aromatic N) is 1. The first-order valence-electron chi connectivity index (χ1n) is 9.72. The van der Waals surface area contributed by atoms with Crippen molar-refractivity contribution in [3.05, 3.63) is 58.0 Å². The van der Waals surface area contributed by atoms with Gasteiger partial charge in [-0.05, 0) is 74.7 Å². The largest absolute Gasteiger partial charge is 0.490 e. The molecular formula is C23H23NO5S2. The molecule has 0 spiro atoms. The number of carboxylic acid groups (broad SMARTS) is 1. The second-order valence-corrected chi connectivity index (χ2v) is 8.70. The summed E-state index contributed by atoms with van der Waals surface area (Å²) < 4.78 is 11.6. The topological polar surface area (TPSA) is 76.1 Å². The van der Waals surface area contributed by atoms with Crippen LogP contribution < -0.4 is 14.4 Å². The maximum Gasteiger partial charge on any atom is 0.344 e. The molecule has 3 rings (SSSR count). The standard InChI is InChI=1S/C23H23NO5S2/c1-5-28-19-11-16(7-9-18(19)29-15(4)22(26)27)12-20-21(25)24(23(30)31-20)17-8-6-13(2)14(3)10-17/h6-12,15H,5H2,1-4H3,(H,26,27)/b20-12+. The smallest absolute Gasteiger partial charge is 0.344 e. The Labute approximate surface area is 190 Å². The molecular weight excluding hydrogens is 434 g/mol. The van der Waals surface area contributed by atoms with Gasteiger partial charge in [0.1, 0.15) is 0 Å². The summed E-state index contributed by atoms with van der Waals surface area (Å²) in [5.74, 6) is -0.511. The van der Waals surface area contributed by atoms with Gasteiger partial charge in [-0.3, -0.25) is 9.69 Å². The third-order valence-electron chi connectivity index (χ3n) is 4.76. The minimum absolute atomic E-state index is 0.184. The van der Waals surface area contributed by atoms with Crippen LogP contribution in [-0.4, -0.2) is 34.0 Å². The van der Waals surface area contributed by atoms with Gasteiger partial charge in [0, 0.05) is 0 Å². The Morgan fingerprint density at radius 2 is 1.94 bits per heavy atom. The minimum Gasteiger partial charge on any atom is -0.490 e. The number of thiocarbonyl (C=S) groups is 1. The summed E-state index contributed by atoms with van der Waals surface area (Å²) in [5.41, 5.74) is 3.70. The van der Waals surface area contributed by atoms with Crippen molar-refractivity contribution in [1.29, 1.82) is 0 Å². The summed E-state index contributed by atoms with van der Waals surface area (Å²) in [6, 6.07) is 10.9. The van der Waals surface area contributed by atoms with Crippen LogP contribution in [0.15, 0.2) is 41.3 Å². The first-order valence-corrected chi connectivity index (χ1v) is 10.9. The molecule has 1 aliphatic rings. The molecule has 0 radical (unpaired) electrons. The van der Waals surface area contributed by atoms with Gasteiger partial charge in [0.15, 0.2) is 21.9 Å². The van der Waals surface area contributed by atoms with Crippen LogP contribution in [0.5, 0.6) is 11.5 Å². The van der Waals surface area contributed by atoms with E-state index in [4.69, 9.17) is 26.8 Å². The number of anilines is 1. The van der Waals surface area contributed by atoms with Gasteiger partial charge in [-0.25, -0.2) is 4.79 Å². The fourth-order valence-corrected chi connectivity index (χ4v) is 4.23. The van der Waals surface area contributed by atoms with Crippen molar-refractivity contribution in [1.82, 2.24) is 0 Å². The molecule has 1 N–H and O–H groups in total. The summed E-state index contributed by atoms with van der Waals surface area (Å²) in [6.07, 6.45) is 0.729. The number of hydrogen-bond acceptors (Lipinski definition) is 6. The lowest BCUT2D eigenvalue weighted by Gasteiger charge is -2.16. The number of aryl methyl sites for hydroxylation is 2. The number of carbonyl (C=O) groups is 2. The Bertz CT molecular complexity index is 1080. The molecule has 0 aliphatic carbocycles. The van der Waals surface area contributed by atoms with Gasteiger partial charge in [0.25, 0.3) is 5.91 Å². The highest BCUT2D eigenvalue weighted by atomic mass is 32.2. The second-order valence-electron chi connectivity index (χ2n) is 7.02. The van der Waals surface area contributed by atoms with E-state index in [2.05, 4.69) is 0 Å². The summed E-state index contributed by atoms with van der Waals surface area (Å²) >= 11 is 6.69. The van der Waals surface area contributed by atoms with Crippen molar-refractivity contribution in [3.63, 3.8) is 0 Å². The zero-order valence-corrected chi connectivity index (χ0v) is 19.3. The predicted octanol–water partition coefficient (Wildman–Crippen LogP) is 4.96. The summed E-state index contributed by atoms with van der Waals surface area (Å²) in [4.78, 5) is 26.2. The Kier molecular flexibility index (Phi) is 7.02. The monoisotopic (exact) mass is 457 g/mol. The molecule has 31 heavy (non-hydrogen) atoms. The molecule has 0 bridgehead atoms. The number of thioether (sulfide) groups is 1. The lowest BCUT2D eigenvalue weighted by atomic mass is 10.1. The highest BCUT2D eigenvalue weighted by molar-refractivity contribution is 8.27. The number of rotatable bonds is 7. The minimum atomic E-state index is -1.07. The van der Waals surface area contributed by atoms with Crippen molar-refractivity contribution < 1.29 is 24.2 Å². The molecule has 1 saturated heterocycles. The highest BCUT2D eigenvalue weighted by Crippen LogP contribution is 2.38. The van der Waals surface area contributed by atoms with Crippen LogP contribution in [0.4, 0.5) is 5.69 Å². The molecule has 1 amide bonds. The van der Waals surface area contributed by atoms with E-state index >= 15 is 0 Å². The third kappa shape index (κ3) is 5.08. The maximum atomic E-state index is 13.0. The molecule has 162 valence electrons. The number of aliphatic carboxylic acids is 1. The van der Waals surface area contributed by atoms with Crippen LogP contribution in [0.3, 0.4) is 0 Å². The Balaban J connectivity index is 1.89. The molecule has 8 heteroatoms. The van der Waals surface area contributed by atoms with E-state index < -0.39 is 12.1 Å². The molecule has 1 aliphatic heterocycles. The van der Waals surface area contributed by atoms with Crippen molar-refractivity contribution in [2.24, 2.45) is 0 Å². The lowest BCUT2D eigenvalue weighted by molar-refractivity contribution is -0.144. The van der Waals surface area contributed by atoms with E-state index in [1.54, 1.807) is 24.3 Å².